The van der Waals surface area contributed by atoms with Gasteiger partial charge in [-0.15, -0.1) is 24.0 Å². The molecule has 3 N–H and O–H groups in total. The van der Waals surface area contributed by atoms with Crippen LogP contribution in [0.4, 0.5) is 5.69 Å². The normalized spacial score (nSPS) is 18.2. The Labute approximate surface area is 197 Å². The van der Waals surface area contributed by atoms with Gasteiger partial charge in [0.2, 0.25) is 5.91 Å². The van der Waals surface area contributed by atoms with Crippen LogP contribution in [0.5, 0.6) is 0 Å². The van der Waals surface area contributed by atoms with Gasteiger partial charge in [0.25, 0.3) is 0 Å². The summed E-state index contributed by atoms with van der Waals surface area (Å²) >= 11 is 0. The monoisotopic (exact) mass is 529 g/mol. The van der Waals surface area contributed by atoms with Gasteiger partial charge in [-0.3, -0.25) is 14.7 Å². The van der Waals surface area contributed by atoms with Gasteiger partial charge in [-0.05, 0) is 44.4 Å². The van der Waals surface area contributed by atoms with Crippen molar-refractivity contribution < 1.29 is 9.53 Å². The predicted octanol–water partition coefficient (Wildman–Crippen LogP) is 2.82. The van der Waals surface area contributed by atoms with Gasteiger partial charge in [0, 0.05) is 50.4 Å². The predicted molar refractivity (Wildman–Crippen MR) is 133 cm³/mol. The Kier molecular flexibility index (Phi) is 9.83. The summed E-state index contributed by atoms with van der Waals surface area (Å²) in [5.41, 5.74) is 1.98. The average Bonchev–Trinajstić information content (AvgIpc) is 2.67. The van der Waals surface area contributed by atoms with Crippen LogP contribution in [0.3, 0.4) is 0 Å². The maximum Gasteiger partial charge on any atom is 0.227 e. The molecule has 0 bridgehead atoms. The number of ether oxygens (including phenoxy) is 1. The lowest BCUT2D eigenvalue weighted by molar-refractivity contribution is -0.122. The number of hydrogen-bond donors (Lipinski definition) is 3. The fraction of sp³-hybridized carbons (Fsp3) is 0.636. The molecule has 1 amide bonds. The Morgan fingerprint density at radius 3 is 2.60 bits per heavy atom. The van der Waals surface area contributed by atoms with Crippen LogP contribution in [0, 0.1) is 5.92 Å². The van der Waals surface area contributed by atoms with E-state index in [0.29, 0.717) is 6.54 Å². The van der Waals surface area contributed by atoms with E-state index in [2.05, 4.69) is 45.8 Å². The number of benzene rings is 1. The summed E-state index contributed by atoms with van der Waals surface area (Å²) in [6, 6.07) is 7.99. The minimum atomic E-state index is 0. The highest BCUT2D eigenvalue weighted by molar-refractivity contribution is 14.0. The number of nitrogens with one attached hydrogen (secondary N) is 3. The number of carbonyl (C=O) groups excluding carboxylic acids is 1. The van der Waals surface area contributed by atoms with Crippen LogP contribution in [0.1, 0.15) is 38.7 Å². The lowest BCUT2D eigenvalue weighted by Gasteiger charge is -2.41. The summed E-state index contributed by atoms with van der Waals surface area (Å²) in [6.45, 7) is 9.43. The smallest absolute Gasteiger partial charge is 0.227 e. The zero-order valence-electron chi connectivity index (χ0n) is 18.4. The summed E-state index contributed by atoms with van der Waals surface area (Å²) < 4.78 is 5.46. The molecule has 7 nitrogen and oxygen atoms in total. The SMILES string of the molecule is CN=C(NCc1cccc(NC(=O)C2CCC2)c1)NCC(C)(C)N1CCOCC1.I. The van der Waals surface area contributed by atoms with Crippen LogP contribution in [-0.2, 0) is 16.1 Å². The Hall–Kier alpha value is -1.39. The van der Waals surface area contributed by atoms with Crippen LogP contribution in [-0.4, -0.2) is 62.2 Å². The molecule has 1 aromatic carbocycles. The van der Waals surface area contributed by atoms with Crippen molar-refractivity contribution in [3.8, 4) is 0 Å². The zero-order valence-corrected chi connectivity index (χ0v) is 20.7. The number of morpholine rings is 1. The van der Waals surface area contributed by atoms with Crippen LogP contribution >= 0.6 is 24.0 Å². The summed E-state index contributed by atoms with van der Waals surface area (Å²) in [4.78, 5) is 19.0. The van der Waals surface area contributed by atoms with Crippen LogP contribution in [0.2, 0.25) is 0 Å². The fourth-order valence-electron chi connectivity index (χ4n) is 3.66. The third-order valence-electron chi connectivity index (χ3n) is 5.91. The third-order valence-corrected chi connectivity index (χ3v) is 5.91. The molecule has 1 aliphatic heterocycles. The number of aliphatic imine (C=N–C) groups is 1. The second kappa shape index (κ2) is 11.9. The van der Waals surface area contributed by atoms with Gasteiger partial charge >= 0.3 is 0 Å². The lowest BCUT2D eigenvalue weighted by atomic mass is 9.85. The molecule has 8 heteroatoms. The molecule has 168 valence electrons. The van der Waals surface area contributed by atoms with Crippen LogP contribution < -0.4 is 16.0 Å². The average molecular weight is 529 g/mol. The molecule has 0 radical (unpaired) electrons. The lowest BCUT2D eigenvalue weighted by Crippen LogP contribution is -2.56. The Balaban J connectivity index is 0.00000320. The second-order valence-corrected chi connectivity index (χ2v) is 8.51. The molecule has 3 rings (SSSR count). The van der Waals surface area contributed by atoms with Gasteiger partial charge in [-0.1, -0.05) is 18.6 Å². The van der Waals surface area contributed by atoms with Crippen LogP contribution in [0.25, 0.3) is 0 Å². The Bertz CT molecular complexity index is 715. The van der Waals surface area contributed by atoms with E-state index < -0.39 is 0 Å². The van der Waals surface area contributed by atoms with Crippen molar-refractivity contribution in [1.82, 2.24) is 15.5 Å². The van der Waals surface area contributed by atoms with Gasteiger partial charge in [0.05, 0.1) is 13.2 Å². The van der Waals surface area contributed by atoms with E-state index in [-0.39, 0.29) is 41.3 Å². The summed E-state index contributed by atoms with van der Waals surface area (Å²) in [5.74, 6) is 1.11. The minimum Gasteiger partial charge on any atom is -0.379 e. The highest BCUT2D eigenvalue weighted by atomic mass is 127. The number of rotatable bonds is 7. The zero-order chi connectivity index (χ0) is 20.7. The van der Waals surface area contributed by atoms with E-state index >= 15 is 0 Å². The van der Waals surface area contributed by atoms with Gasteiger partial charge in [-0.25, -0.2) is 0 Å². The molecule has 1 saturated carbocycles. The first kappa shape index (κ1) is 24.9. The molecule has 1 aliphatic carbocycles. The van der Waals surface area contributed by atoms with E-state index in [0.717, 1.165) is 69.3 Å². The van der Waals surface area contributed by atoms with Crippen molar-refractivity contribution in [2.24, 2.45) is 10.9 Å². The number of anilines is 1. The molecule has 30 heavy (non-hydrogen) atoms. The summed E-state index contributed by atoms with van der Waals surface area (Å²) in [6.07, 6.45) is 3.18. The highest BCUT2D eigenvalue weighted by Crippen LogP contribution is 2.27. The van der Waals surface area contributed by atoms with Crippen molar-refractivity contribution in [1.29, 1.82) is 0 Å². The number of guanidine groups is 1. The van der Waals surface area contributed by atoms with Crippen molar-refractivity contribution in [3.05, 3.63) is 29.8 Å². The third kappa shape index (κ3) is 7.09. The van der Waals surface area contributed by atoms with E-state index in [4.69, 9.17) is 4.74 Å². The summed E-state index contributed by atoms with van der Waals surface area (Å²) in [5, 5.41) is 9.85. The van der Waals surface area contributed by atoms with Crippen molar-refractivity contribution in [2.45, 2.75) is 45.2 Å². The Morgan fingerprint density at radius 1 is 1.23 bits per heavy atom. The molecule has 0 atom stereocenters. The fourth-order valence-corrected chi connectivity index (χ4v) is 3.66. The number of hydrogen-bond acceptors (Lipinski definition) is 4. The van der Waals surface area contributed by atoms with E-state index in [1.54, 1.807) is 7.05 Å². The summed E-state index contributed by atoms with van der Waals surface area (Å²) in [7, 11) is 1.78. The highest BCUT2D eigenvalue weighted by Gasteiger charge is 2.28. The second-order valence-electron chi connectivity index (χ2n) is 8.51. The standard InChI is InChI=1S/C22H35N5O2.HI/c1-22(2,27-10-12-29-13-11-27)16-25-21(23-3)24-15-17-6-4-9-19(14-17)26-20(28)18-7-5-8-18;/h4,6,9,14,18H,5,7-8,10-13,15-16H2,1-3H3,(H,26,28)(H2,23,24,25);1H. The number of amides is 1. The maximum absolute atomic E-state index is 12.2. The van der Waals surface area contributed by atoms with Crippen molar-refractivity contribution in [2.75, 3.05) is 45.2 Å². The quantitative estimate of drug-likeness (QED) is 0.288. The maximum atomic E-state index is 12.2. The minimum absolute atomic E-state index is 0. The first-order valence-electron chi connectivity index (χ1n) is 10.6. The first-order valence-corrected chi connectivity index (χ1v) is 10.6. The number of halogens is 1. The molecule has 1 aromatic rings. The van der Waals surface area contributed by atoms with Gasteiger partial charge in [0.1, 0.15) is 0 Å². The molecule has 1 heterocycles. The molecule has 1 saturated heterocycles. The van der Waals surface area contributed by atoms with Gasteiger partial charge < -0.3 is 20.7 Å². The molecule has 2 aliphatic rings. The van der Waals surface area contributed by atoms with Crippen molar-refractivity contribution >= 4 is 41.5 Å². The van der Waals surface area contributed by atoms with Crippen molar-refractivity contribution in [3.63, 3.8) is 0 Å². The molecule has 0 spiro atoms. The van der Waals surface area contributed by atoms with Gasteiger partial charge in [-0.2, -0.15) is 0 Å². The number of nitrogens with zero attached hydrogens (tertiary/aromatic N) is 2. The first-order chi connectivity index (χ1) is 14.0. The largest absolute Gasteiger partial charge is 0.379 e. The van der Waals surface area contributed by atoms with Crippen LogP contribution in [0.15, 0.2) is 29.3 Å². The molecule has 2 fully saturated rings. The number of carbonyl (C=O) groups is 1. The van der Waals surface area contributed by atoms with Gasteiger partial charge in [0.15, 0.2) is 5.96 Å². The van der Waals surface area contributed by atoms with E-state index in [1.807, 2.05) is 18.2 Å². The molecule has 0 aromatic heterocycles. The topological polar surface area (TPSA) is 78.0 Å². The molecular weight excluding hydrogens is 493 g/mol. The Morgan fingerprint density at radius 2 is 1.97 bits per heavy atom. The van der Waals surface area contributed by atoms with E-state index in [1.165, 1.54) is 0 Å². The molecule has 0 unspecified atom stereocenters. The van der Waals surface area contributed by atoms with E-state index in [9.17, 15) is 4.79 Å². The molecular formula is C22H36IN5O2.